The molecule has 2 aromatic heterocycles. The standard InChI is InChI=1S/C14H13N3O2S/c1-8-7-10(20(18)19)3-4-11(8)12-5-6-13-14(15-12)9(2)16-17-13/h3-7,20H,1-2H3,(H,16,17). The van der Waals surface area contributed by atoms with Gasteiger partial charge in [-0.15, -0.1) is 0 Å². The molecule has 0 aliphatic heterocycles. The van der Waals surface area contributed by atoms with Gasteiger partial charge < -0.3 is 0 Å². The zero-order chi connectivity index (χ0) is 14.3. The minimum absolute atomic E-state index is 0.321. The molecule has 0 saturated heterocycles. The van der Waals surface area contributed by atoms with Crippen LogP contribution in [0.5, 0.6) is 0 Å². The molecule has 2 heterocycles. The van der Waals surface area contributed by atoms with Crippen LogP contribution in [0.1, 0.15) is 11.3 Å². The van der Waals surface area contributed by atoms with E-state index in [4.69, 9.17) is 0 Å². The molecule has 0 atom stereocenters. The van der Waals surface area contributed by atoms with Gasteiger partial charge in [-0.2, -0.15) is 5.10 Å². The van der Waals surface area contributed by atoms with Crippen molar-refractivity contribution >= 4 is 21.7 Å². The summed E-state index contributed by atoms with van der Waals surface area (Å²) >= 11 is 0. The molecule has 0 amide bonds. The third-order valence-electron chi connectivity index (χ3n) is 3.28. The first-order valence-electron chi connectivity index (χ1n) is 6.13. The number of aromatic amines is 1. The molecule has 3 rings (SSSR count). The maximum atomic E-state index is 11.0. The number of H-pyrrole nitrogens is 1. The summed E-state index contributed by atoms with van der Waals surface area (Å²) < 4.78 is 22.0. The molecular formula is C14H13N3O2S. The van der Waals surface area contributed by atoms with Gasteiger partial charge in [0.05, 0.1) is 21.8 Å². The summed E-state index contributed by atoms with van der Waals surface area (Å²) in [7, 11) is -2.55. The number of hydrogen-bond donors (Lipinski definition) is 2. The SMILES string of the molecule is Cc1cc([SH](=O)=O)ccc1-c1ccc2[nH]nc(C)c2n1. The maximum Gasteiger partial charge on any atom is 0.168 e. The van der Waals surface area contributed by atoms with Crippen molar-refractivity contribution in [3.8, 4) is 11.3 Å². The fraction of sp³-hybridized carbons (Fsp3) is 0.143. The fourth-order valence-corrected chi connectivity index (χ4v) is 2.72. The summed E-state index contributed by atoms with van der Waals surface area (Å²) in [6, 6.07) is 8.88. The molecule has 5 nitrogen and oxygen atoms in total. The summed E-state index contributed by atoms with van der Waals surface area (Å²) in [5.74, 6) is 0. The minimum Gasteiger partial charge on any atom is -0.276 e. The summed E-state index contributed by atoms with van der Waals surface area (Å²) in [4.78, 5) is 4.92. The van der Waals surface area contributed by atoms with E-state index in [1.165, 1.54) is 0 Å². The predicted octanol–water partition coefficient (Wildman–Crippen LogP) is 2.21. The smallest absolute Gasteiger partial charge is 0.168 e. The second-order valence-electron chi connectivity index (χ2n) is 4.66. The van der Waals surface area contributed by atoms with Gasteiger partial charge in [0.2, 0.25) is 0 Å². The Morgan fingerprint density at radius 3 is 2.60 bits per heavy atom. The number of nitrogens with zero attached hydrogens (tertiary/aromatic N) is 2. The van der Waals surface area contributed by atoms with Crippen molar-refractivity contribution in [2.24, 2.45) is 0 Å². The van der Waals surface area contributed by atoms with Gasteiger partial charge in [-0.3, -0.25) is 5.10 Å². The lowest BCUT2D eigenvalue weighted by molar-refractivity contribution is 0.614. The highest BCUT2D eigenvalue weighted by Crippen LogP contribution is 2.25. The molecule has 3 aromatic rings. The van der Waals surface area contributed by atoms with Crippen LogP contribution in [0.25, 0.3) is 22.3 Å². The van der Waals surface area contributed by atoms with Crippen LogP contribution in [0.3, 0.4) is 0 Å². The van der Waals surface area contributed by atoms with Crippen LogP contribution in [0.15, 0.2) is 35.2 Å². The highest BCUT2D eigenvalue weighted by Gasteiger charge is 2.09. The van der Waals surface area contributed by atoms with Crippen LogP contribution in [0.2, 0.25) is 0 Å². The molecule has 0 bridgehead atoms. The first kappa shape index (κ1) is 12.8. The van der Waals surface area contributed by atoms with Crippen molar-refractivity contribution in [1.82, 2.24) is 15.2 Å². The van der Waals surface area contributed by atoms with Crippen LogP contribution >= 0.6 is 0 Å². The average molecular weight is 287 g/mol. The number of rotatable bonds is 2. The molecule has 20 heavy (non-hydrogen) atoms. The van der Waals surface area contributed by atoms with Crippen LogP contribution in [-0.4, -0.2) is 23.6 Å². The van der Waals surface area contributed by atoms with Crippen molar-refractivity contribution in [2.45, 2.75) is 18.7 Å². The summed E-state index contributed by atoms with van der Waals surface area (Å²) in [5, 5.41) is 7.04. The minimum atomic E-state index is -2.55. The van der Waals surface area contributed by atoms with Gasteiger partial charge >= 0.3 is 0 Å². The lowest BCUT2D eigenvalue weighted by atomic mass is 10.1. The third kappa shape index (κ3) is 2.08. The molecule has 0 radical (unpaired) electrons. The Labute approximate surface area is 117 Å². The van der Waals surface area contributed by atoms with Gasteiger partial charge in [-0.25, -0.2) is 13.4 Å². The van der Waals surface area contributed by atoms with Crippen LogP contribution in [0, 0.1) is 13.8 Å². The zero-order valence-electron chi connectivity index (χ0n) is 11.0. The number of benzene rings is 1. The largest absolute Gasteiger partial charge is 0.276 e. The first-order valence-corrected chi connectivity index (χ1v) is 7.31. The van der Waals surface area contributed by atoms with Crippen molar-refractivity contribution < 1.29 is 8.42 Å². The molecule has 0 fully saturated rings. The van der Waals surface area contributed by atoms with Gasteiger partial charge in [0.15, 0.2) is 10.7 Å². The highest BCUT2D eigenvalue weighted by atomic mass is 32.2. The molecule has 6 heteroatoms. The monoisotopic (exact) mass is 287 g/mol. The number of aryl methyl sites for hydroxylation is 2. The van der Waals surface area contributed by atoms with Crippen LogP contribution in [-0.2, 0) is 10.7 Å². The second-order valence-corrected chi connectivity index (χ2v) is 5.69. The summed E-state index contributed by atoms with van der Waals surface area (Å²) in [6.45, 7) is 3.78. The van der Waals surface area contributed by atoms with E-state index >= 15 is 0 Å². The van der Waals surface area contributed by atoms with Gasteiger partial charge in [-0.05, 0) is 43.7 Å². The Morgan fingerprint density at radius 1 is 1.10 bits per heavy atom. The third-order valence-corrected chi connectivity index (χ3v) is 3.98. The topological polar surface area (TPSA) is 75.7 Å². The first-order chi connectivity index (χ1) is 9.56. The Bertz CT molecular complexity index is 873. The van der Waals surface area contributed by atoms with Crippen LogP contribution < -0.4 is 0 Å². The average Bonchev–Trinajstić information content (AvgIpc) is 2.80. The van der Waals surface area contributed by atoms with Crippen molar-refractivity contribution in [2.75, 3.05) is 0 Å². The Balaban J connectivity index is 2.17. The molecular weight excluding hydrogens is 274 g/mol. The van der Waals surface area contributed by atoms with Gasteiger partial charge in [0.25, 0.3) is 0 Å². The Morgan fingerprint density at radius 2 is 1.90 bits per heavy atom. The van der Waals surface area contributed by atoms with Gasteiger partial charge in [0, 0.05) is 5.56 Å². The number of hydrogen-bond acceptors (Lipinski definition) is 4. The lowest BCUT2D eigenvalue weighted by Crippen LogP contribution is -1.90. The molecule has 0 saturated carbocycles. The normalized spacial score (nSPS) is 11.3. The van der Waals surface area contributed by atoms with E-state index in [0.717, 1.165) is 33.5 Å². The molecule has 0 aliphatic carbocycles. The lowest BCUT2D eigenvalue weighted by Gasteiger charge is -2.06. The zero-order valence-corrected chi connectivity index (χ0v) is 11.9. The van der Waals surface area contributed by atoms with Crippen molar-refractivity contribution in [3.05, 3.63) is 41.6 Å². The highest BCUT2D eigenvalue weighted by molar-refractivity contribution is 7.72. The molecule has 102 valence electrons. The maximum absolute atomic E-state index is 11.0. The van der Waals surface area contributed by atoms with E-state index in [0.29, 0.717) is 4.90 Å². The van der Waals surface area contributed by atoms with E-state index in [9.17, 15) is 8.42 Å². The number of aromatic nitrogens is 3. The molecule has 0 spiro atoms. The van der Waals surface area contributed by atoms with E-state index in [2.05, 4.69) is 15.2 Å². The van der Waals surface area contributed by atoms with E-state index < -0.39 is 10.7 Å². The van der Waals surface area contributed by atoms with Gasteiger partial charge in [0.1, 0.15) is 5.52 Å². The van der Waals surface area contributed by atoms with E-state index in [1.54, 1.807) is 18.2 Å². The molecule has 0 aliphatic rings. The molecule has 1 N–H and O–H groups in total. The van der Waals surface area contributed by atoms with Gasteiger partial charge in [-0.1, -0.05) is 6.07 Å². The quantitative estimate of drug-likeness (QED) is 0.709. The Kier molecular flexibility index (Phi) is 3.02. The van der Waals surface area contributed by atoms with Crippen LogP contribution in [0.4, 0.5) is 0 Å². The molecule has 1 aromatic carbocycles. The Hall–Kier alpha value is -2.21. The van der Waals surface area contributed by atoms with Crippen molar-refractivity contribution in [3.63, 3.8) is 0 Å². The second kappa shape index (κ2) is 4.72. The van der Waals surface area contributed by atoms with E-state index in [1.807, 2.05) is 26.0 Å². The van der Waals surface area contributed by atoms with E-state index in [-0.39, 0.29) is 0 Å². The number of pyridine rings is 1. The summed E-state index contributed by atoms with van der Waals surface area (Å²) in [5.41, 5.74) is 5.19. The fourth-order valence-electron chi connectivity index (χ4n) is 2.22. The number of nitrogens with one attached hydrogen (secondary N) is 1. The number of fused-ring (bicyclic) bond motifs is 1. The summed E-state index contributed by atoms with van der Waals surface area (Å²) in [6.07, 6.45) is 0. The predicted molar refractivity (Wildman–Crippen MR) is 77.4 cm³/mol. The van der Waals surface area contributed by atoms with Crippen molar-refractivity contribution in [1.29, 1.82) is 0 Å². The molecule has 0 unspecified atom stereocenters. The number of thiol groups is 1.